The smallest absolute Gasteiger partial charge is 0.129 e. The molecule has 0 spiro atoms. The van der Waals surface area contributed by atoms with E-state index in [4.69, 9.17) is 11.6 Å². The summed E-state index contributed by atoms with van der Waals surface area (Å²) in [6.45, 7) is 8.44. The summed E-state index contributed by atoms with van der Waals surface area (Å²) >= 11 is 5.82. The maximum Gasteiger partial charge on any atom is 0.129 e. The number of pyridine rings is 1. The lowest BCUT2D eigenvalue weighted by Gasteiger charge is -2.24. The molecule has 0 N–H and O–H groups in total. The average Bonchev–Trinajstić information content (AvgIpc) is 2.14. The van der Waals surface area contributed by atoms with Crippen molar-refractivity contribution in [3.63, 3.8) is 0 Å². The monoisotopic (exact) mass is 212 g/mol. The number of halogens is 1. The molecule has 14 heavy (non-hydrogen) atoms. The van der Waals surface area contributed by atoms with E-state index in [1.165, 1.54) is 0 Å². The Kier molecular flexibility index (Phi) is 4.36. The van der Waals surface area contributed by atoms with E-state index in [0.717, 1.165) is 18.8 Å². The van der Waals surface area contributed by atoms with Gasteiger partial charge in [-0.05, 0) is 32.5 Å². The van der Waals surface area contributed by atoms with Gasteiger partial charge in [-0.25, -0.2) is 4.98 Å². The summed E-state index contributed by atoms with van der Waals surface area (Å²) in [6, 6.07) is 6.30. The summed E-state index contributed by atoms with van der Waals surface area (Å²) in [5.41, 5.74) is 1.04. The summed E-state index contributed by atoms with van der Waals surface area (Å²) < 4.78 is 0. The lowest BCUT2D eigenvalue weighted by molar-refractivity contribution is 0.222. The Labute approximate surface area is 90.9 Å². The Morgan fingerprint density at radius 2 is 2.14 bits per heavy atom. The van der Waals surface area contributed by atoms with Crippen LogP contribution in [0, 0.1) is 0 Å². The third kappa shape index (κ3) is 3.28. The maximum absolute atomic E-state index is 5.82. The average molecular weight is 213 g/mol. The highest BCUT2D eigenvalue weighted by Crippen LogP contribution is 2.09. The first-order valence-corrected chi connectivity index (χ1v) is 5.36. The Hall–Kier alpha value is -0.600. The zero-order valence-corrected chi connectivity index (χ0v) is 9.75. The van der Waals surface area contributed by atoms with Crippen LogP contribution in [0.5, 0.6) is 0 Å². The van der Waals surface area contributed by atoms with Crippen LogP contribution in [0.15, 0.2) is 18.2 Å². The van der Waals surface area contributed by atoms with Crippen LogP contribution < -0.4 is 0 Å². The molecule has 0 bridgehead atoms. The molecular formula is C11H17ClN2. The third-order valence-electron chi connectivity index (χ3n) is 2.27. The predicted octanol–water partition coefficient (Wildman–Crippen LogP) is 2.97. The molecule has 1 aromatic rings. The van der Waals surface area contributed by atoms with Crippen LogP contribution in [-0.4, -0.2) is 22.5 Å². The van der Waals surface area contributed by atoms with Gasteiger partial charge in [-0.1, -0.05) is 24.6 Å². The van der Waals surface area contributed by atoms with Crippen LogP contribution >= 0.6 is 11.6 Å². The number of aromatic nitrogens is 1. The minimum absolute atomic E-state index is 0.542. The van der Waals surface area contributed by atoms with Crippen molar-refractivity contribution < 1.29 is 0 Å². The van der Waals surface area contributed by atoms with Gasteiger partial charge in [0.2, 0.25) is 0 Å². The van der Waals surface area contributed by atoms with Gasteiger partial charge in [-0.2, -0.15) is 0 Å². The number of rotatable bonds is 4. The molecule has 0 aliphatic carbocycles. The molecule has 78 valence electrons. The molecule has 0 saturated heterocycles. The molecule has 0 fully saturated rings. The van der Waals surface area contributed by atoms with Gasteiger partial charge in [0.15, 0.2) is 0 Å². The zero-order valence-electron chi connectivity index (χ0n) is 9.00. The first-order chi connectivity index (χ1) is 6.63. The Bertz CT molecular complexity index is 286. The van der Waals surface area contributed by atoms with Crippen LogP contribution in [0.3, 0.4) is 0 Å². The minimum Gasteiger partial charge on any atom is -0.295 e. The molecule has 2 nitrogen and oxygen atoms in total. The molecule has 0 saturated carbocycles. The van der Waals surface area contributed by atoms with E-state index in [9.17, 15) is 0 Å². The normalized spacial score (nSPS) is 11.3. The Morgan fingerprint density at radius 1 is 1.43 bits per heavy atom. The van der Waals surface area contributed by atoms with Crippen molar-refractivity contribution in [3.05, 3.63) is 29.0 Å². The van der Waals surface area contributed by atoms with Crippen molar-refractivity contribution in [2.45, 2.75) is 33.4 Å². The largest absolute Gasteiger partial charge is 0.295 e. The van der Waals surface area contributed by atoms with Gasteiger partial charge in [0, 0.05) is 12.6 Å². The van der Waals surface area contributed by atoms with Crippen LogP contribution in [0.25, 0.3) is 0 Å². The standard InChI is InChI=1S/C11H17ClN2/c1-4-14(9(2)3)8-10-6-5-7-11(12)13-10/h5-7,9H,4,8H2,1-3H3. The molecule has 1 heterocycles. The summed E-state index contributed by atoms with van der Waals surface area (Å²) in [5, 5.41) is 0.572. The lowest BCUT2D eigenvalue weighted by atomic mass is 10.2. The summed E-state index contributed by atoms with van der Waals surface area (Å²) in [6.07, 6.45) is 0. The van der Waals surface area contributed by atoms with Crippen molar-refractivity contribution in [2.24, 2.45) is 0 Å². The topological polar surface area (TPSA) is 16.1 Å². The molecule has 1 aromatic heterocycles. The molecule has 0 amide bonds. The van der Waals surface area contributed by atoms with E-state index in [0.29, 0.717) is 11.2 Å². The predicted molar refractivity (Wildman–Crippen MR) is 60.5 cm³/mol. The molecule has 3 heteroatoms. The molecule has 1 rings (SSSR count). The molecule has 0 aromatic carbocycles. The molecule has 0 aliphatic heterocycles. The lowest BCUT2D eigenvalue weighted by Crippen LogP contribution is -2.30. The quantitative estimate of drug-likeness (QED) is 0.714. The zero-order chi connectivity index (χ0) is 10.6. The van der Waals surface area contributed by atoms with Gasteiger partial charge >= 0.3 is 0 Å². The number of hydrogen-bond donors (Lipinski definition) is 0. The highest BCUT2D eigenvalue weighted by Gasteiger charge is 2.08. The highest BCUT2D eigenvalue weighted by molar-refractivity contribution is 6.29. The van der Waals surface area contributed by atoms with Gasteiger partial charge in [0.25, 0.3) is 0 Å². The molecular weight excluding hydrogens is 196 g/mol. The second-order valence-corrected chi connectivity index (χ2v) is 4.00. The molecule has 0 radical (unpaired) electrons. The number of hydrogen-bond acceptors (Lipinski definition) is 2. The van der Waals surface area contributed by atoms with E-state index < -0.39 is 0 Å². The fourth-order valence-corrected chi connectivity index (χ4v) is 1.59. The van der Waals surface area contributed by atoms with Crippen molar-refractivity contribution in [1.82, 2.24) is 9.88 Å². The fourth-order valence-electron chi connectivity index (χ4n) is 1.41. The molecule has 0 aliphatic rings. The van der Waals surface area contributed by atoms with Gasteiger partial charge in [-0.15, -0.1) is 0 Å². The minimum atomic E-state index is 0.542. The van der Waals surface area contributed by atoms with Crippen molar-refractivity contribution in [2.75, 3.05) is 6.54 Å². The summed E-state index contributed by atoms with van der Waals surface area (Å²) in [7, 11) is 0. The summed E-state index contributed by atoms with van der Waals surface area (Å²) in [4.78, 5) is 6.61. The van der Waals surface area contributed by atoms with Gasteiger partial charge in [0.1, 0.15) is 5.15 Å². The third-order valence-corrected chi connectivity index (χ3v) is 2.48. The second-order valence-electron chi connectivity index (χ2n) is 3.61. The highest BCUT2D eigenvalue weighted by atomic mass is 35.5. The maximum atomic E-state index is 5.82. The van der Waals surface area contributed by atoms with E-state index in [1.54, 1.807) is 6.07 Å². The van der Waals surface area contributed by atoms with Gasteiger partial charge in [0.05, 0.1) is 5.69 Å². The van der Waals surface area contributed by atoms with Crippen LogP contribution in [0.2, 0.25) is 5.15 Å². The van der Waals surface area contributed by atoms with E-state index >= 15 is 0 Å². The molecule has 0 unspecified atom stereocenters. The summed E-state index contributed by atoms with van der Waals surface area (Å²) in [5.74, 6) is 0. The first kappa shape index (κ1) is 11.5. The van der Waals surface area contributed by atoms with Crippen LogP contribution in [0.1, 0.15) is 26.5 Å². The second kappa shape index (κ2) is 5.32. The fraction of sp³-hybridized carbons (Fsp3) is 0.545. The van der Waals surface area contributed by atoms with Crippen molar-refractivity contribution in [3.8, 4) is 0 Å². The molecule has 0 atom stereocenters. The van der Waals surface area contributed by atoms with Gasteiger partial charge < -0.3 is 0 Å². The SMILES string of the molecule is CCN(Cc1cccc(Cl)n1)C(C)C. The Morgan fingerprint density at radius 3 is 2.64 bits per heavy atom. The van der Waals surface area contributed by atoms with Crippen molar-refractivity contribution in [1.29, 1.82) is 0 Å². The van der Waals surface area contributed by atoms with Crippen LogP contribution in [-0.2, 0) is 6.54 Å². The Balaban J connectivity index is 2.67. The van der Waals surface area contributed by atoms with E-state index in [2.05, 4.69) is 30.7 Å². The van der Waals surface area contributed by atoms with E-state index in [1.807, 2.05) is 12.1 Å². The number of nitrogens with zero attached hydrogens (tertiary/aromatic N) is 2. The van der Waals surface area contributed by atoms with Crippen molar-refractivity contribution >= 4 is 11.6 Å². The van der Waals surface area contributed by atoms with Gasteiger partial charge in [-0.3, -0.25) is 4.90 Å². The first-order valence-electron chi connectivity index (χ1n) is 4.99. The van der Waals surface area contributed by atoms with E-state index in [-0.39, 0.29) is 0 Å². The van der Waals surface area contributed by atoms with Crippen LogP contribution in [0.4, 0.5) is 0 Å².